The predicted molar refractivity (Wildman–Crippen MR) is 69.7 cm³/mol. The molecule has 0 bridgehead atoms. The summed E-state index contributed by atoms with van der Waals surface area (Å²) in [5.74, 6) is 0. The fourth-order valence-electron chi connectivity index (χ4n) is 2.16. The highest BCUT2D eigenvalue weighted by Crippen LogP contribution is 2.31. The molecule has 1 unspecified atom stereocenters. The lowest BCUT2D eigenvalue weighted by Gasteiger charge is -2.34. The molecule has 0 spiro atoms. The first-order valence-electron chi connectivity index (χ1n) is 6.04. The van der Waals surface area contributed by atoms with E-state index in [1.54, 1.807) is 0 Å². The quantitative estimate of drug-likeness (QED) is 0.504. The second kappa shape index (κ2) is 5.91. The molecule has 1 nitrogen and oxygen atoms in total. The van der Waals surface area contributed by atoms with E-state index >= 15 is 0 Å². The molecule has 14 heavy (non-hydrogen) atoms. The van der Waals surface area contributed by atoms with Gasteiger partial charge in [-0.05, 0) is 24.8 Å². The SMILES string of the molecule is CCCNCC(C)(CC)C[Si](C)(C)C. The minimum absolute atomic E-state index is 0.527. The first-order chi connectivity index (χ1) is 6.33. The standard InChI is InChI=1S/C12H29NSi/c1-7-9-13-10-12(3,8-2)11-14(4,5)6/h13H,7-11H2,1-6H3. The fourth-order valence-corrected chi connectivity index (χ4v) is 5.10. The molecule has 86 valence electrons. The summed E-state index contributed by atoms with van der Waals surface area (Å²) in [7, 11) is -0.914. The molecule has 1 atom stereocenters. The van der Waals surface area contributed by atoms with Crippen LogP contribution in [0.5, 0.6) is 0 Å². The zero-order valence-corrected chi connectivity index (χ0v) is 12.0. The molecule has 1 N–H and O–H groups in total. The Bertz CT molecular complexity index is 151. The number of rotatable bonds is 7. The molecule has 0 aromatic rings. The summed E-state index contributed by atoms with van der Waals surface area (Å²) in [6, 6.07) is 1.44. The van der Waals surface area contributed by atoms with Gasteiger partial charge in [0, 0.05) is 14.6 Å². The van der Waals surface area contributed by atoms with E-state index in [1.807, 2.05) is 0 Å². The Morgan fingerprint density at radius 2 is 1.71 bits per heavy atom. The van der Waals surface area contributed by atoms with Crippen molar-refractivity contribution in [3.63, 3.8) is 0 Å². The molecule has 2 heteroatoms. The summed E-state index contributed by atoms with van der Waals surface area (Å²) in [5, 5.41) is 3.57. The highest BCUT2D eigenvalue weighted by Gasteiger charge is 2.28. The number of hydrogen-bond donors (Lipinski definition) is 1. The highest BCUT2D eigenvalue weighted by molar-refractivity contribution is 6.76. The molecule has 0 saturated heterocycles. The zero-order chi connectivity index (χ0) is 11.2. The van der Waals surface area contributed by atoms with Crippen LogP contribution in [0.2, 0.25) is 25.7 Å². The van der Waals surface area contributed by atoms with Gasteiger partial charge in [0.05, 0.1) is 0 Å². The highest BCUT2D eigenvalue weighted by atomic mass is 28.3. The first-order valence-corrected chi connectivity index (χ1v) is 9.74. The minimum atomic E-state index is -0.914. The molecule has 0 radical (unpaired) electrons. The lowest BCUT2D eigenvalue weighted by molar-refractivity contribution is 0.325. The smallest absolute Gasteiger partial charge is 0.0448 e. The van der Waals surface area contributed by atoms with Crippen molar-refractivity contribution in [2.24, 2.45) is 5.41 Å². The van der Waals surface area contributed by atoms with Crippen molar-refractivity contribution < 1.29 is 0 Å². The van der Waals surface area contributed by atoms with Crippen LogP contribution in [0, 0.1) is 5.41 Å². The molecule has 0 amide bonds. The largest absolute Gasteiger partial charge is 0.316 e. The van der Waals surface area contributed by atoms with Gasteiger partial charge in [0.25, 0.3) is 0 Å². The van der Waals surface area contributed by atoms with E-state index in [2.05, 4.69) is 45.7 Å². The number of hydrogen-bond acceptors (Lipinski definition) is 1. The van der Waals surface area contributed by atoms with Crippen LogP contribution >= 0.6 is 0 Å². The maximum absolute atomic E-state index is 3.57. The Balaban J connectivity index is 4.04. The summed E-state index contributed by atoms with van der Waals surface area (Å²) in [4.78, 5) is 0. The van der Waals surface area contributed by atoms with E-state index in [9.17, 15) is 0 Å². The van der Waals surface area contributed by atoms with Gasteiger partial charge in [-0.3, -0.25) is 0 Å². The predicted octanol–water partition coefficient (Wildman–Crippen LogP) is 3.74. The second-order valence-electron chi connectivity index (χ2n) is 6.08. The maximum atomic E-state index is 3.57. The van der Waals surface area contributed by atoms with Crippen molar-refractivity contribution in [3.8, 4) is 0 Å². The zero-order valence-electron chi connectivity index (χ0n) is 11.0. The summed E-state index contributed by atoms with van der Waals surface area (Å²) < 4.78 is 0. The van der Waals surface area contributed by atoms with E-state index in [0.29, 0.717) is 5.41 Å². The molecule has 0 heterocycles. The monoisotopic (exact) mass is 215 g/mol. The first kappa shape index (κ1) is 14.2. The van der Waals surface area contributed by atoms with Crippen LogP contribution in [-0.4, -0.2) is 21.2 Å². The van der Waals surface area contributed by atoms with E-state index in [0.717, 1.165) is 0 Å². The van der Waals surface area contributed by atoms with Crippen LogP contribution in [-0.2, 0) is 0 Å². The lowest BCUT2D eigenvalue weighted by Crippen LogP contribution is -2.38. The van der Waals surface area contributed by atoms with Crippen molar-refractivity contribution in [3.05, 3.63) is 0 Å². The van der Waals surface area contributed by atoms with Gasteiger partial charge in [0.2, 0.25) is 0 Å². The maximum Gasteiger partial charge on any atom is 0.0448 e. The molecule has 0 aromatic heterocycles. The summed E-state index contributed by atoms with van der Waals surface area (Å²) >= 11 is 0. The molecule has 0 aliphatic rings. The van der Waals surface area contributed by atoms with Crippen LogP contribution < -0.4 is 5.32 Å². The van der Waals surface area contributed by atoms with Gasteiger partial charge in [0.1, 0.15) is 0 Å². The summed E-state index contributed by atoms with van der Waals surface area (Å²) in [6.45, 7) is 16.8. The van der Waals surface area contributed by atoms with Crippen molar-refractivity contribution >= 4 is 8.07 Å². The van der Waals surface area contributed by atoms with Crippen LogP contribution in [0.3, 0.4) is 0 Å². The van der Waals surface area contributed by atoms with Gasteiger partial charge >= 0.3 is 0 Å². The third kappa shape index (κ3) is 6.60. The molecule has 0 aliphatic heterocycles. The molecule has 0 rings (SSSR count). The van der Waals surface area contributed by atoms with Crippen LogP contribution in [0.4, 0.5) is 0 Å². The van der Waals surface area contributed by atoms with Gasteiger partial charge < -0.3 is 5.32 Å². The van der Waals surface area contributed by atoms with Crippen LogP contribution in [0.15, 0.2) is 0 Å². The van der Waals surface area contributed by atoms with E-state index in [-0.39, 0.29) is 0 Å². The van der Waals surface area contributed by atoms with Crippen molar-refractivity contribution in [1.29, 1.82) is 0 Å². The number of nitrogens with one attached hydrogen (secondary N) is 1. The molecule has 0 fully saturated rings. The Labute approximate surface area is 91.7 Å². The normalized spacial score (nSPS) is 16.7. The van der Waals surface area contributed by atoms with E-state index in [4.69, 9.17) is 0 Å². The average Bonchev–Trinajstić information content (AvgIpc) is 2.02. The van der Waals surface area contributed by atoms with Crippen LogP contribution in [0.25, 0.3) is 0 Å². The third-order valence-corrected chi connectivity index (χ3v) is 4.70. The van der Waals surface area contributed by atoms with Gasteiger partial charge in [-0.25, -0.2) is 0 Å². The Morgan fingerprint density at radius 3 is 2.07 bits per heavy atom. The van der Waals surface area contributed by atoms with Gasteiger partial charge in [0.15, 0.2) is 0 Å². The van der Waals surface area contributed by atoms with Crippen molar-refractivity contribution in [1.82, 2.24) is 5.32 Å². The molecule has 0 aliphatic carbocycles. The third-order valence-electron chi connectivity index (χ3n) is 2.79. The summed E-state index contributed by atoms with van der Waals surface area (Å²) in [5.41, 5.74) is 0.527. The van der Waals surface area contributed by atoms with E-state index < -0.39 is 8.07 Å². The molecular formula is C12H29NSi. The summed E-state index contributed by atoms with van der Waals surface area (Å²) in [6.07, 6.45) is 2.54. The van der Waals surface area contributed by atoms with Crippen molar-refractivity contribution in [2.45, 2.75) is 59.3 Å². The minimum Gasteiger partial charge on any atom is -0.316 e. The van der Waals surface area contributed by atoms with Gasteiger partial charge in [-0.2, -0.15) is 0 Å². The molecular weight excluding hydrogens is 186 g/mol. The Morgan fingerprint density at radius 1 is 1.14 bits per heavy atom. The van der Waals surface area contributed by atoms with Gasteiger partial charge in [-0.15, -0.1) is 0 Å². The van der Waals surface area contributed by atoms with Gasteiger partial charge in [-0.1, -0.05) is 46.5 Å². The van der Waals surface area contributed by atoms with E-state index in [1.165, 1.54) is 32.0 Å². The lowest BCUT2D eigenvalue weighted by atomic mass is 9.90. The topological polar surface area (TPSA) is 12.0 Å². The molecule has 0 saturated carbocycles. The molecule has 0 aromatic carbocycles. The second-order valence-corrected chi connectivity index (χ2v) is 11.6. The van der Waals surface area contributed by atoms with Crippen LogP contribution in [0.1, 0.15) is 33.6 Å². The Kier molecular flexibility index (Phi) is 5.99. The fraction of sp³-hybridized carbons (Fsp3) is 1.00. The average molecular weight is 215 g/mol. The Hall–Kier alpha value is 0.177. The van der Waals surface area contributed by atoms with Crippen molar-refractivity contribution in [2.75, 3.05) is 13.1 Å².